The molecule has 136 valence electrons. The van der Waals surface area contributed by atoms with Gasteiger partial charge in [0.15, 0.2) is 0 Å². The molecule has 4 nitrogen and oxygen atoms in total. The Morgan fingerprint density at radius 3 is 2.76 bits per heavy atom. The summed E-state index contributed by atoms with van der Waals surface area (Å²) in [7, 11) is 0. The molecule has 3 fully saturated rings. The Morgan fingerprint density at radius 1 is 1.24 bits per heavy atom. The Balaban J connectivity index is 1.73. The summed E-state index contributed by atoms with van der Waals surface area (Å²) in [5.41, 5.74) is 0.469. The fourth-order valence-electron chi connectivity index (χ4n) is 5.14. The Morgan fingerprint density at radius 2 is 2.00 bits per heavy atom. The number of likely N-dealkylation sites (tertiary alicyclic amines) is 1. The van der Waals surface area contributed by atoms with Crippen molar-refractivity contribution in [3.8, 4) is 0 Å². The molecular weight excluding hydrogens is 319 g/mol. The number of rotatable bonds is 2. The van der Waals surface area contributed by atoms with Gasteiger partial charge in [0.25, 0.3) is 0 Å². The van der Waals surface area contributed by atoms with Crippen molar-refractivity contribution >= 4 is 5.91 Å². The van der Waals surface area contributed by atoms with Crippen LogP contribution >= 0.6 is 0 Å². The van der Waals surface area contributed by atoms with Gasteiger partial charge < -0.3 is 10.1 Å². The summed E-state index contributed by atoms with van der Waals surface area (Å²) in [5, 5.41) is 3.27. The van der Waals surface area contributed by atoms with Crippen molar-refractivity contribution in [1.29, 1.82) is 0 Å². The molecule has 3 atom stereocenters. The lowest BCUT2D eigenvalue weighted by molar-refractivity contribution is -0.122. The standard InChI is InChI=1S/C20H27FN2O2/c1-20-13-17(15-5-2-3-6-16(15)21)23(14-9-11-25-12-10-14)18(20)7-4-8-19(24)22-20/h2-3,5-6,14,17-18H,4,7-13H2,1H3,(H,22,24)/t17-,18-,20-/m0/s1. The fraction of sp³-hybridized carbons (Fsp3) is 0.650. The van der Waals surface area contributed by atoms with Crippen molar-refractivity contribution in [1.82, 2.24) is 10.2 Å². The van der Waals surface area contributed by atoms with E-state index in [-0.39, 0.29) is 29.3 Å². The van der Waals surface area contributed by atoms with Crippen LogP contribution in [0.15, 0.2) is 24.3 Å². The molecule has 1 N–H and O–H groups in total. The molecule has 0 aromatic heterocycles. The first kappa shape index (κ1) is 17.0. The Hall–Kier alpha value is -1.46. The number of benzene rings is 1. The van der Waals surface area contributed by atoms with Crippen molar-refractivity contribution < 1.29 is 13.9 Å². The molecular formula is C20H27FN2O2. The molecule has 3 heterocycles. The highest BCUT2D eigenvalue weighted by atomic mass is 19.1. The second-order valence-corrected chi connectivity index (χ2v) is 7.91. The number of hydrogen-bond acceptors (Lipinski definition) is 3. The molecule has 1 amide bonds. The lowest BCUT2D eigenvalue weighted by Gasteiger charge is -2.41. The minimum atomic E-state index is -0.293. The lowest BCUT2D eigenvalue weighted by atomic mass is 9.88. The van der Waals surface area contributed by atoms with Crippen molar-refractivity contribution in [3.05, 3.63) is 35.6 Å². The summed E-state index contributed by atoms with van der Waals surface area (Å²) in [6.07, 6.45) is 5.20. The molecule has 0 aliphatic carbocycles. The van der Waals surface area contributed by atoms with Crippen LogP contribution in [-0.2, 0) is 9.53 Å². The first-order valence-electron chi connectivity index (χ1n) is 9.49. The van der Waals surface area contributed by atoms with E-state index >= 15 is 0 Å². The van der Waals surface area contributed by atoms with Crippen LogP contribution in [0.1, 0.15) is 57.1 Å². The van der Waals surface area contributed by atoms with Crippen LogP contribution in [0.25, 0.3) is 0 Å². The summed E-state index contributed by atoms with van der Waals surface area (Å²) >= 11 is 0. The van der Waals surface area contributed by atoms with Crippen LogP contribution < -0.4 is 5.32 Å². The third kappa shape index (κ3) is 3.08. The van der Waals surface area contributed by atoms with E-state index in [4.69, 9.17) is 4.74 Å². The molecule has 0 unspecified atom stereocenters. The number of carbonyl (C=O) groups excluding carboxylic acids is 1. The van der Waals surface area contributed by atoms with E-state index in [1.54, 1.807) is 12.1 Å². The second kappa shape index (κ2) is 6.69. The number of nitrogens with one attached hydrogen (secondary N) is 1. The molecule has 3 aliphatic heterocycles. The maximum atomic E-state index is 14.6. The molecule has 0 saturated carbocycles. The van der Waals surface area contributed by atoms with Crippen LogP contribution in [0.3, 0.4) is 0 Å². The van der Waals surface area contributed by atoms with Gasteiger partial charge in [0, 0.05) is 43.3 Å². The molecule has 0 radical (unpaired) electrons. The number of fused-ring (bicyclic) bond motifs is 1. The molecule has 5 heteroatoms. The van der Waals surface area contributed by atoms with Gasteiger partial charge in [0.05, 0.1) is 5.54 Å². The van der Waals surface area contributed by atoms with E-state index in [0.717, 1.165) is 50.9 Å². The minimum Gasteiger partial charge on any atom is -0.381 e. The largest absolute Gasteiger partial charge is 0.381 e. The number of ether oxygens (including phenoxy) is 1. The zero-order valence-corrected chi connectivity index (χ0v) is 14.8. The average molecular weight is 346 g/mol. The third-order valence-electron chi connectivity index (χ3n) is 6.26. The zero-order chi connectivity index (χ0) is 17.4. The van der Waals surface area contributed by atoms with Gasteiger partial charge in [-0.05, 0) is 45.1 Å². The summed E-state index contributed by atoms with van der Waals surface area (Å²) in [5.74, 6) is -0.0120. The number of nitrogens with zero attached hydrogens (tertiary/aromatic N) is 1. The highest BCUT2D eigenvalue weighted by Gasteiger charge is 2.53. The number of hydrogen-bond donors (Lipinski definition) is 1. The van der Waals surface area contributed by atoms with Crippen LogP contribution in [0, 0.1) is 5.82 Å². The maximum absolute atomic E-state index is 14.6. The van der Waals surface area contributed by atoms with Crippen LogP contribution in [0.5, 0.6) is 0 Å². The molecule has 1 aromatic rings. The van der Waals surface area contributed by atoms with Crippen molar-refractivity contribution in [2.24, 2.45) is 0 Å². The summed E-state index contributed by atoms with van der Waals surface area (Å²) in [4.78, 5) is 14.7. The predicted molar refractivity (Wildman–Crippen MR) is 93.6 cm³/mol. The topological polar surface area (TPSA) is 41.6 Å². The summed E-state index contributed by atoms with van der Waals surface area (Å²) in [6.45, 7) is 3.68. The van der Waals surface area contributed by atoms with E-state index in [1.807, 2.05) is 12.1 Å². The quantitative estimate of drug-likeness (QED) is 0.894. The van der Waals surface area contributed by atoms with Crippen molar-refractivity contribution in [2.45, 2.75) is 69.1 Å². The summed E-state index contributed by atoms with van der Waals surface area (Å²) < 4.78 is 20.2. The molecule has 4 rings (SSSR count). The van der Waals surface area contributed by atoms with Gasteiger partial charge in [-0.2, -0.15) is 0 Å². The Labute approximate surface area is 148 Å². The number of carbonyl (C=O) groups is 1. The van der Waals surface area contributed by atoms with Crippen LogP contribution in [-0.4, -0.2) is 41.6 Å². The van der Waals surface area contributed by atoms with E-state index in [1.165, 1.54) is 0 Å². The average Bonchev–Trinajstić information content (AvgIpc) is 2.79. The van der Waals surface area contributed by atoms with E-state index in [2.05, 4.69) is 17.1 Å². The smallest absolute Gasteiger partial charge is 0.220 e. The maximum Gasteiger partial charge on any atom is 0.220 e. The van der Waals surface area contributed by atoms with Gasteiger partial charge in [-0.1, -0.05) is 18.2 Å². The van der Waals surface area contributed by atoms with Gasteiger partial charge >= 0.3 is 0 Å². The van der Waals surface area contributed by atoms with Crippen molar-refractivity contribution in [2.75, 3.05) is 13.2 Å². The molecule has 3 aliphatic rings. The fourth-order valence-corrected chi connectivity index (χ4v) is 5.14. The van der Waals surface area contributed by atoms with Gasteiger partial charge in [-0.3, -0.25) is 9.69 Å². The monoisotopic (exact) mass is 346 g/mol. The highest BCUT2D eigenvalue weighted by molar-refractivity contribution is 5.77. The second-order valence-electron chi connectivity index (χ2n) is 7.91. The lowest BCUT2D eigenvalue weighted by Crippen LogP contribution is -2.55. The Bertz CT molecular complexity index is 646. The van der Waals surface area contributed by atoms with E-state index in [9.17, 15) is 9.18 Å². The zero-order valence-electron chi connectivity index (χ0n) is 14.8. The normalized spacial score (nSPS) is 34.4. The molecule has 3 saturated heterocycles. The summed E-state index contributed by atoms with van der Waals surface area (Å²) in [6, 6.07) is 7.77. The molecule has 0 bridgehead atoms. The number of halogens is 1. The van der Waals surface area contributed by atoms with Gasteiger partial charge in [0.1, 0.15) is 5.82 Å². The Kier molecular flexibility index (Phi) is 4.54. The molecule has 1 aromatic carbocycles. The van der Waals surface area contributed by atoms with Crippen molar-refractivity contribution in [3.63, 3.8) is 0 Å². The highest BCUT2D eigenvalue weighted by Crippen LogP contribution is 2.48. The van der Waals surface area contributed by atoms with Crippen LogP contribution in [0.2, 0.25) is 0 Å². The SMILES string of the molecule is C[C@]12C[C@@H](c3ccccc3F)N(C3CCOCC3)[C@H]1CCCC(=O)N2. The molecule has 0 spiro atoms. The first-order valence-corrected chi connectivity index (χ1v) is 9.49. The number of amides is 1. The minimum absolute atomic E-state index is 0.0118. The van der Waals surface area contributed by atoms with Gasteiger partial charge in [0.2, 0.25) is 5.91 Å². The van der Waals surface area contributed by atoms with Crippen LogP contribution in [0.4, 0.5) is 4.39 Å². The third-order valence-corrected chi connectivity index (χ3v) is 6.26. The first-order chi connectivity index (χ1) is 12.1. The van der Waals surface area contributed by atoms with Gasteiger partial charge in [-0.25, -0.2) is 4.39 Å². The molecule has 25 heavy (non-hydrogen) atoms. The van der Waals surface area contributed by atoms with Gasteiger partial charge in [-0.15, -0.1) is 0 Å². The van der Waals surface area contributed by atoms with E-state index < -0.39 is 0 Å². The van der Waals surface area contributed by atoms with E-state index in [0.29, 0.717) is 12.5 Å². The predicted octanol–water partition coefficient (Wildman–Crippen LogP) is 3.18.